The second-order valence-electron chi connectivity index (χ2n) is 4.39. The van der Waals surface area contributed by atoms with Gasteiger partial charge in [-0.25, -0.2) is 0 Å². The topological polar surface area (TPSA) is 55.1 Å². The first-order valence-corrected chi connectivity index (χ1v) is 7.68. The molecule has 0 saturated heterocycles. The number of thioether (sulfide) groups is 1. The normalized spacial score (nSPS) is 13.2. The van der Waals surface area contributed by atoms with Crippen molar-refractivity contribution >= 4 is 53.3 Å². The highest BCUT2D eigenvalue weighted by Crippen LogP contribution is 2.32. The number of carbonyl (C=O) groups excluding carboxylic acids is 1. The summed E-state index contributed by atoms with van der Waals surface area (Å²) in [4.78, 5) is 12.7. The van der Waals surface area contributed by atoms with E-state index in [1.807, 2.05) is 13.8 Å². The molecule has 114 valence electrons. The predicted octanol–water partition coefficient (Wildman–Crippen LogP) is 3.75. The summed E-state index contributed by atoms with van der Waals surface area (Å²) in [6.45, 7) is 4.34. The Hall–Kier alpha value is -0.130. The predicted molar refractivity (Wildman–Crippen MR) is 90.3 cm³/mol. The molecule has 0 bridgehead atoms. The van der Waals surface area contributed by atoms with E-state index >= 15 is 0 Å². The van der Waals surface area contributed by atoms with Crippen molar-refractivity contribution in [3.63, 3.8) is 0 Å². The molecule has 0 fully saturated rings. The van der Waals surface area contributed by atoms with Gasteiger partial charge in [-0.1, -0.05) is 23.2 Å². The van der Waals surface area contributed by atoms with Crippen LogP contribution in [0.3, 0.4) is 0 Å². The number of hydrogen-bond donors (Lipinski definition) is 2. The van der Waals surface area contributed by atoms with Crippen LogP contribution in [0.4, 0.5) is 0 Å². The number of nitrogens with one attached hydrogen (secondary N) is 1. The van der Waals surface area contributed by atoms with Crippen LogP contribution in [-0.2, 0) is 4.79 Å². The van der Waals surface area contributed by atoms with E-state index in [2.05, 4.69) is 5.32 Å². The molecule has 2 unspecified atom stereocenters. The Morgan fingerprint density at radius 1 is 1.40 bits per heavy atom. The standard InChI is InChI=1S/C13H18Cl2N2OS.ClH/c1-8(16)5-6-17-13(18)9(2)19-12-7-10(14)3-4-11(12)15;/h3-4,7-9H,5-6,16H2,1-2H3,(H,17,18);1H. The smallest absolute Gasteiger partial charge is 0.233 e. The van der Waals surface area contributed by atoms with Crippen LogP contribution in [0.5, 0.6) is 0 Å². The van der Waals surface area contributed by atoms with Crippen molar-refractivity contribution < 1.29 is 4.79 Å². The first-order valence-electron chi connectivity index (χ1n) is 6.05. The molecule has 7 heteroatoms. The summed E-state index contributed by atoms with van der Waals surface area (Å²) in [5.74, 6) is -0.0262. The van der Waals surface area contributed by atoms with Crippen molar-refractivity contribution in [3.05, 3.63) is 28.2 Å². The van der Waals surface area contributed by atoms with E-state index in [9.17, 15) is 4.79 Å². The lowest BCUT2D eigenvalue weighted by atomic mass is 10.2. The maximum Gasteiger partial charge on any atom is 0.233 e. The minimum Gasteiger partial charge on any atom is -0.355 e. The number of rotatable bonds is 6. The van der Waals surface area contributed by atoms with Crippen molar-refractivity contribution in [3.8, 4) is 0 Å². The van der Waals surface area contributed by atoms with E-state index in [1.165, 1.54) is 11.8 Å². The maximum atomic E-state index is 11.9. The number of nitrogens with two attached hydrogens (primary N) is 1. The summed E-state index contributed by atoms with van der Waals surface area (Å²) < 4.78 is 0. The quantitative estimate of drug-likeness (QED) is 0.762. The van der Waals surface area contributed by atoms with E-state index in [1.54, 1.807) is 18.2 Å². The Balaban J connectivity index is 0.00000361. The van der Waals surface area contributed by atoms with Crippen molar-refractivity contribution in [2.45, 2.75) is 36.5 Å². The molecule has 3 N–H and O–H groups in total. The Kier molecular flexibility index (Phi) is 9.68. The highest BCUT2D eigenvalue weighted by Gasteiger charge is 2.15. The molecule has 0 spiro atoms. The van der Waals surface area contributed by atoms with Crippen LogP contribution in [0.15, 0.2) is 23.1 Å². The fourth-order valence-corrected chi connectivity index (χ4v) is 2.81. The number of halogens is 3. The molecule has 1 amide bonds. The summed E-state index contributed by atoms with van der Waals surface area (Å²) >= 11 is 13.4. The molecule has 0 aliphatic rings. The monoisotopic (exact) mass is 356 g/mol. The lowest BCUT2D eigenvalue weighted by Crippen LogP contribution is -2.34. The molecule has 1 rings (SSSR count). The Morgan fingerprint density at radius 3 is 2.65 bits per heavy atom. The zero-order valence-electron chi connectivity index (χ0n) is 11.4. The van der Waals surface area contributed by atoms with Gasteiger partial charge >= 0.3 is 0 Å². The van der Waals surface area contributed by atoms with Gasteiger partial charge in [-0.2, -0.15) is 0 Å². The third kappa shape index (κ3) is 7.04. The SMILES string of the molecule is CC(N)CCNC(=O)C(C)Sc1cc(Cl)ccc1Cl.Cl. The van der Waals surface area contributed by atoms with Gasteiger partial charge in [0.25, 0.3) is 0 Å². The Morgan fingerprint density at radius 2 is 2.05 bits per heavy atom. The van der Waals surface area contributed by atoms with Gasteiger partial charge in [-0.15, -0.1) is 24.2 Å². The van der Waals surface area contributed by atoms with E-state index in [-0.39, 0.29) is 29.6 Å². The fourth-order valence-electron chi connectivity index (χ4n) is 1.38. The fraction of sp³-hybridized carbons (Fsp3) is 0.462. The Bertz CT molecular complexity index is 444. The Labute approximate surface area is 140 Å². The molecule has 20 heavy (non-hydrogen) atoms. The number of benzene rings is 1. The highest BCUT2D eigenvalue weighted by atomic mass is 35.5. The van der Waals surface area contributed by atoms with Gasteiger partial charge in [0, 0.05) is 22.5 Å². The lowest BCUT2D eigenvalue weighted by molar-refractivity contribution is -0.120. The van der Waals surface area contributed by atoms with E-state index in [0.29, 0.717) is 16.6 Å². The van der Waals surface area contributed by atoms with Gasteiger partial charge in [0.15, 0.2) is 0 Å². The highest BCUT2D eigenvalue weighted by molar-refractivity contribution is 8.00. The average Bonchev–Trinajstić information content (AvgIpc) is 2.33. The molecule has 0 aromatic heterocycles. The van der Waals surface area contributed by atoms with E-state index in [4.69, 9.17) is 28.9 Å². The summed E-state index contributed by atoms with van der Waals surface area (Å²) in [7, 11) is 0. The molecule has 1 aromatic rings. The van der Waals surface area contributed by atoms with Crippen LogP contribution in [0, 0.1) is 0 Å². The number of amides is 1. The third-order valence-corrected chi connectivity index (χ3v) is 4.30. The number of hydrogen-bond acceptors (Lipinski definition) is 3. The van der Waals surface area contributed by atoms with Crippen LogP contribution in [-0.4, -0.2) is 23.7 Å². The van der Waals surface area contributed by atoms with Crippen LogP contribution in [0.2, 0.25) is 10.0 Å². The van der Waals surface area contributed by atoms with Crippen LogP contribution in [0.25, 0.3) is 0 Å². The largest absolute Gasteiger partial charge is 0.355 e. The lowest BCUT2D eigenvalue weighted by Gasteiger charge is -2.13. The minimum atomic E-state index is -0.232. The van der Waals surface area contributed by atoms with Crippen LogP contribution in [0.1, 0.15) is 20.3 Å². The molecule has 0 aliphatic carbocycles. The molecule has 2 atom stereocenters. The van der Waals surface area contributed by atoms with Gasteiger partial charge in [-0.3, -0.25) is 4.79 Å². The molecule has 0 radical (unpaired) electrons. The summed E-state index contributed by atoms with van der Waals surface area (Å²) in [5.41, 5.74) is 5.63. The first kappa shape index (κ1) is 19.9. The van der Waals surface area contributed by atoms with Crippen LogP contribution < -0.4 is 11.1 Å². The first-order chi connectivity index (χ1) is 8.90. The maximum absolute atomic E-state index is 11.9. The molecule has 1 aromatic carbocycles. The van der Waals surface area contributed by atoms with Gasteiger partial charge in [0.1, 0.15) is 0 Å². The molecule has 3 nitrogen and oxygen atoms in total. The molecule has 0 aliphatic heterocycles. The summed E-state index contributed by atoms with van der Waals surface area (Å²) in [6.07, 6.45) is 0.765. The van der Waals surface area contributed by atoms with Crippen molar-refractivity contribution in [1.29, 1.82) is 0 Å². The van der Waals surface area contributed by atoms with E-state index < -0.39 is 0 Å². The van der Waals surface area contributed by atoms with Gasteiger partial charge in [0.05, 0.1) is 10.3 Å². The average molecular weight is 358 g/mol. The van der Waals surface area contributed by atoms with Crippen molar-refractivity contribution in [1.82, 2.24) is 5.32 Å². The van der Waals surface area contributed by atoms with Crippen LogP contribution >= 0.6 is 47.4 Å². The van der Waals surface area contributed by atoms with E-state index in [0.717, 1.165) is 11.3 Å². The zero-order chi connectivity index (χ0) is 14.4. The summed E-state index contributed by atoms with van der Waals surface area (Å²) in [5, 5.41) is 3.83. The third-order valence-electron chi connectivity index (χ3n) is 2.47. The molecule has 0 saturated carbocycles. The van der Waals surface area contributed by atoms with Gasteiger partial charge in [0.2, 0.25) is 5.91 Å². The van der Waals surface area contributed by atoms with Crippen molar-refractivity contribution in [2.75, 3.05) is 6.54 Å². The second-order valence-corrected chi connectivity index (χ2v) is 6.62. The second kappa shape index (κ2) is 9.74. The van der Waals surface area contributed by atoms with Gasteiger partial charge in [-0.05, 0) is 38.5 Å². The van der Waals surface area contributed by atoms with Gasteiger partial charge < -0.3 is 11.1 Å². The molecular formula is C13H19Cl3N2OS. The molecular weight excluding hydrogens is 339 g/mol. The zero-order valence-corrected chi connectivity index (χ0v) is 14.5. The van der Waals surface area contributed by atoms with Crippen molar-refractivity contribution in [2.24, 2.45) is 5.73 Å². The number of carbonyl (C=O) groups is 1. The molecule has 0 heterocycles. The minimum absolute atomic E-state index is 0. The summed E-state index contributed by atoms with van der Waals surface area (Å²) in [6, 6.07) is 5.31.